The van der Waals surface area contributed by atoms with E-state index in [1.54, 1.807) is 0 Å². The van der Waals surface area contributed by atoms with Crippen molar-refractivity contribution in [1.29, 1.82) is 0 Å². The van der Waals surface area contributed by atoms with Crippen LogP contribution in [0.5, 0.6) is 5.75 Å². The first-order chi connectivity index (χ1) is 8.49. The van der Waals surface area contributed by atoms with Crippen LogP contribution in [0.25, 0.3) is 0 Å². The Morgan fingerprint density at radius 2 is 2.11 bits per heavy atom. The van der Waals surface area contributed by atoms with Gasteiger partial charge in [-0.15, -0.1) is 0 Å². The van der Waals surface area contributed by atoms with E-state index in [1.807, 2.05) is 6.07 Å². The standard InChI is InChI=1S/C15H24N2O/c1-12(16)15(2,3)11-17-8-9-18-14-7-5-4-6-13(14)10-17/h4-7,12H,8-11,16H2,1-3H3. The average molecular weight is 248 g/mol. The van der Waals surface area contributed by atoms with Crippen LogP contribution in [0.3, 0.4) is 0 Å². The van der Waals surface area contributed by atoms with Crippen LogP contribution in [0, 0.1) is 5.41 Å². The van der Waals surface area contributed by atoms with Crippen molar-refractivity contribution < 1.29 is 4.74 Å². The Hall–Kier alpha value is -1.06. The maximum atomic E-state index is 6.06. The zero-order valence-corrected chi connectivity index (χ0v) is 11.6. The Labute approximate surface area is 110 Å². The summed E-state index contributed by atoms with van der Waals surface area (Å²) in [6.07, 6.45) is 0. The highest BCUT2D eigenvalue weighted by Gasteiger charge is 2.27. The number of benzene rings is 1. The summed E-state index contributed by atoms with van der Waals surface area (Å²) < 4.78 is 5.78. The molecule has 1 aromatic carbocycles. The van der Waals surface area contributed by atoms with Gasteiger partial charge in [-0.05, 0) is 18.4 Å². The molecular weight excluding hydrogens is 224 g/mol. The summed E-state index contributed by atoms with van der Waals surface area (Å²) in [4.78, 5) is 2.44. The van der Waals surface area contributed by atoms with E-state index in [0.717, 1.165) is 32.0 Å². The maximum absolute atomic E-state index is 6.06. The topological polar surface area (TPSA) is 38.5 Å². The largest absolute Gasteiger partial charge is 0.492 e. The molecule has 3 nitrogen and oxygen atoms in total. The van der Waals surface area contributed by atoms with Crippen LogP contribution in [-0.4, -0.2) is 30.6 Å². The first-order valence-electron chi connectivity index (χ1n) is 6.68. The number of ether oxygens (including phenoxy) is 1. The predicted octanol–water partition coefficient (Wildman–Crippen LogP) is 2.25. The van der Waals surface area contributed by atoms with Gasteiger partial charge in [0.25, 0.3) is 0 Å². The molecule has 0 saturated carbocycles. The monoisotopic (exact) mass is 248 g/mol. The summed E-state index contributed by atoms with van der Waals surface area (Å²) in [6, 6.07) is 8.49. The molecular formula is C15H24N2O. The van der Waals surface area contributed by atoms with Crippen molar-refractivity contribution in [3.63, 3.8) is 0 Å². The summed E-state index contributed by atoms with van der Waals surface area (Å²) in [5.74, 6) is 1.03. The molecule has 1 aliphatic rings. The highest BCUT2D eigenvalue weighted by Crippen LogP contribution is 2.26. The fourth-order valence-electron chi connectivity index (χ4n) is 2.24. The minimum Gasteiger partial charge on any atom is -0.492 e. The molecule has 0 fully saturated rings. The first-order valence-corrected chi connectivity index (χ1v) is 6.68. The van der Waals surface area contributed by atoms with Crippen molar-refractivity contribution in [3.8, 4) is 5.75 Å². The van der Waals surface area contributed by atoms with Gasteiger partial charge in [-0.3, -0.25) is 4.90 Å². The van der Waals surface area contributed by atoms with Gasteiger partial charge in [0.15, 0.2) is 0 Å². The molecule has 18 heavy (non-hydrogen) atoms. The van der Waals surface area contributed by atoms with Crippen LogP contribution in [0.15, 0.2) is 24.3 Å². The molecule has 1 heterocycles. The van der Waals surface area contributed by atoms with Crippen molar-refractivity contribution >= 4 is 0 Å². The Morgan fingerprint density at radius 3 is 2.83 bits per heavy atom. The van der Waals surface area contributed by atoms with Gasteiger partial charge in [-0.1, -0.05) is 32.0 Å². The van der Waals surface area contributed by atoms with Crippen molar-refractivity contribution in [1.82, 2.24) is 4.90 Å². The third kappa shape index (κ3) is 3.03. The van der Waals surface area contributed by atoms with Gasteiger partial charge in [0.2, 0.25) is 0 Å². The van der Waals surface area contributed by atoms with E-state index >= 15 is 0 Å². The smallest absolute Gasteiger partial charge is 0.123 e. The SMILES string of the molecule is CC(N)C(C)(C)CN1CCOc2ccccc2C1. The van der Waals surface area contributed by atoms with E-state index in [1.165, 1.54) is 5.56 Å². The number of hydrogen-bond donors (Lipinski definition) is 1. The van der Waals surface area contributed by atoms with E-state index in [0.29, 0.717) is 0 Å². The third-order valence-corrected chi connectivity index (χ3v) is 3.90. The first kappa shape index (κ1) is 13.4. The molecule has 2 rings (SSSR count). The minimum atomic E-state index is 0.124. The number of nitrogens with zero attached hydrogens (tertiary/aromatic N) is 1. The van der Waals surface area contributed by atoms with Crippen LogP contribution in [0.4, 0.5) is 0 Å². The maximum Gasteiger partial charge on any atom is 0.123 e. The molecule has 0 spiro atoms. The van der Waals surface area contributed by atoms with Crippen LogP contribution in [0.1, 0.15) is 26.3 Å². The van der Waals surface area contributed by atoms with E-state index in [2.05, 4.69) is 43.9 Å². The highest BCUT2D eigenvalue weighted by atomic mass is 16.5. The predicted molar refractivity (Wildman–Crippen MR) is 74.6 cm³/mol. The molecule has 1 aromatic rings. The van der Waals surface area contributed by atoms with Crippen LogP contribution in [-0.2, 0) is 6.54 Å². The molecule has 0 amide bonds. The zero-order valence-electron chi connectivity index (χ0n) is 11.6. The molecule has 100 valence electrons. The van der Waals surface area contributed by atoms with E-state index in [4.69, 9.17) is 10.5 Å². The molecule has 0 radical (unpaired) electrons. The van der Waals surface area contributed by atoms with Gasteiger partial charge in [-0.2, -0.15) is 0 Å². The molecule has 0 bridgehead atoms. The number of nitrogens with two attached hydrogens (primary N) is 1. The van der Waals surface area contributed by atoms with Gasteiger partial charge in [0, 0.05) is 31.2 Å². The molecule has 0 saturated heterocycles. The Balaban J connectivity index is 2.09. The van der Waals surface area contributed by atoms with Gasteiger partial charge in [0.05, 0.1) is 0 Å². The van der Waals surface area contributed by atoms with E-state index < -0.39 is 0 Å². The third-order valence-electron chi connectivity index (χ3n) is 3.90. The van der Waals surface area contributed by atoms with Gasteiger partial charge in [0.1, 0.15) is 12.4 Å². The number of rotatable bonds is 3. The van der Waals surface area contributed by atoms with Gasteiger partial charge < -0.3 is 10.5 Å². The summed E-state index contributed by atoms with van der Waals surface area (Å²) in [6.45, 7) is 10.2. The second kappa shape index (κ2) is 5.29. The van der Waals surface area contributed by atoms with Crippen molar-refractivity contribution in [2.24, 2.45) is 11.1 Å². The van der Waals surface area contributed by atoms with Crippen molar-refractivity contribution in [2.75, 3.05) is 19.7 Å². The number of hydrogen-bond acceptors (Lipinski definition) is 3. The molecule has 1 unspecified atom stereocenters. The fourth-order valence-corrected chi connectivity index (χ4v) is 2.24. The van der Waals surface area contributed by atoms with Crippen LogP contribution < -0.4 is 10.5 Å². The number of fused-ring (bicyclic) bond motifs is 1. The second-order valence-corrected chi connectivity index (χ2v) is 5.94. The molecule has 2 N–H and O–H groups in total. The summed E-state index contributed by atoms with van der Waals surface area (Å²) in [7, 11) is 0. The van der Waals surface area contributed by atoms with Crippen molar-refractivity contribution in [3.05, 3.63) is 29.8 Å². The normalized spacial score (nSPS) is 18.7. The highest BCUT2D eigenvalue weighted by molar-refractivity contribution is 5.33. The van der Waals surface area contributed by atoms with Gasteiger partial charge >= 0.3 is 0 Å². The second-order valence-electron chi connectivity index (χ2n) is 5.94. The molecule has 1 atom stereocenters. The molecule has 1 aliphatic heterocycles. The zero-order chi connectivity index (χ0) is 13.2. The lowest BCUT2D eigenvalue weighted by atomic mass is 9.85. The lowest BCUT2D eigenvalue weighted by molar-refractivity contribution is 0.141. The number of para-hydroxylation sites is 1. The Morgan fingerprint density at radius 1 is 1.39 bits per heavy atom. The fraction of sp³-hybridized carbons (Fsp3) is 0.600. The Bertz CT molecular complexity index is 401. The van der Waals surface area contributed by atoms with E-state index in [-0.39, 0.29) is 11.5 Å². The van der Waals surface area contributed by atoms with Crippen LogP contribution in [0.2, 0.25) is 0 Å². The molecule has 3 heteroatoms. The molecule has 0 aliphatic carbocycles. The summed E-state index contributed by atoms with van der Waals surface area (Å²) in [5.41, 5.74) is 7.46. The summed E-state index contributed by atoms with van der Waals surface area (Å²) in [5, 5.41) is 0. The molecule has 0 aromatic heterocycles. The Kier molecular flexibility index (Phi) is 3.93. The summed E-state index contributed by atoms with van der Waals surface area (Å²) >= 11 is 0. The van der Waals surface area contributed by atoms with E-state index in [9.17, 15) is 0 Å². The minimum absolute atomic E-state index is 0.124. The quantitative estimate of drug-likeness (QED) is 0.891. The van der Waals surface area contributed by atoms with Crippen LogP contribution >= 0.6 is 0 Å². The lowest BCUT2D eigenvalue weighted by Gasteiger charge is -2.34. The van der Waals surface area contributed by atoms with Gasteiger partial charge in [-0.25, -0.2) is 0 Å². The average Bonchev–Trinajstić information content (AvgIpc) is 2.49. The lowest BCUT2D eigenvalue weighted by Crippen LogP contribution is -2.44. The van der Waals surface area contributed by atoms with Crippen molar-refractivity contribution in [2.45, 2.75) is 33.4 Å².